The number of hydrogen-bond donors (Lipinski definition) is 1. The van der Waals surface area contributed by atoms with E-state index in [1.807, 2.05) is 0 Å². The van der Waals surface area contributed by atoms with E-state index in [1.54, 1.807) is 7.11 Å². The Morgan fingerprint density at radius 3 is 2.53 bits per heavy atom. The highest BCUT2D eigenvalue weighted by molar-refractivity contribution is 9.09. The summed E-state index contributed by atoms with van der Waals surface area (Å²) in [6.45, 7) is 7.67. The minimum absolute atomic E-state index is 0.559. The summed E-state index contributed by atoms with van der Waals surface area (Å²) in [6, 6.07) is 0.559. The van der Waals surface area contributed by atoms with E-state index < -0.39 is 0 Å². The molecule has 0 aliphatic carbocycles. The highest BCUT2D eigenvalue weighted by atomic mass is 79.9. The van der Waals surface area contributed by atoms with Crippen molar-refractivity contribution in [1.29, 1.82) is 0 Å². The molecule has 0 aromatic carbocycles. The van der Waals surface area contributed by atoms with Crippen LogP contribution >= 0.6 is 15.9 Å². The van der Waals surface area contributed by atoms with Gasteiger partial charge in [-0.1, -0.05) is 22.9 Å². The molecule has 0 aliphatic rings. The minimum atomic E-state index is 0.559. The molecule has 3 nitrogen and oxygen atoms in total. The zero-order valence-corrected chi connectivity index (χ0v) is 11.7. The third-order valence-corrected chi connectivity index (χ3v) is 3.48. The summed E-state index contributed by atoms with van der Waals surface area (Å²) in [5.74, 6) is 0.666. The third-order valence-electron chi connectivity index (χ3n) is 2.46. The van der Waals surface area contributed by atoms with Crippen molar-refractivity contribution in [3.05, 3.63) is 0 Å². The van der Waals surface area contributed by atoms with E-state index in [2.05, 4.69) is 35.1 Å². The van der Waals surface area contributed by atoms with Crippen molar-refractivity contribution in [3.8, 4) is 0 Å². The Morgan fingerprint density at radius 2 is 1.93 bits per heavy atom. The molecular formula is C11H24BrNO2. The van der Waals surface area contributed by atoms with Crippen molar-refractivity contribution < 1.29 is 9.47 Å². The van der Waals surface area contributed by atoms with Gasteiger partial charge in [-0.2, -0.15) is 0 Å². The van der Waals surface area contributed by atoms with Gasteiger partial charge in [0.1, 0.15) is 0 Å². The second-order valence-electron chi connectivity index (χ2n) is 3.83. The SMILES string of the molecule is COCCOCCCNC(C)C(C)CBr. The van der Waals surface area contributed by atoms with Gasteiger partial charge < -0.3 is 14.8 Å². The summed E-state index contributed by atoms with van der Waals surface area (Å²) < 4.78 is 10.3. The van der Waals surface area contributed by atoms with Crippen molar-refractivity contribution >= 4 is 15.9 Å². The second kappa shape index (κ2) is 10.9. The Balaban J connectivity index is 3.16. The lowest BCUT2D eigenvalue weighted by atomic mass is 10.1. The van der Waals surface area contributed by atoms with E-state index in [0.717, 1.165) is 24.9 Å². The molecule has 92 valence electrons. The maximum atomic E-state index is 5.37. The predicted octanol–water partition coefficient (Wildman–Crippen LogP) is 2.05. The zero-order chi connectivity index (χ0) is 11.5. The molecule has 2 atom stereocenters. The van der Waals surface area contributed by atoms with Crippen molar-refractivity contribution in [2.75, 3.05) is 38.8 Å². The highest BCUT2D eigenvalue weighted by Gasteiger charge is 2.08. The fraction of sp³-hybridized carbons (Fsp3) is 1.00. The number of alkyl halides is 1. The maximum absolute atomic E-state index is 5.37. The number of nitrogens with one attached hydrogen (secondary N) is 1. The molecule has 2 unspecified atom stereocenters. The van der Waals surface area contributed by atoms with Gasteiger partial charge in [-0.05, 0) is 25.8 Å². The third kappa shape index (κ3) is 9.30. The molecule has 0 aromatic heterocycles. The molecule has 0 fully saturated rings. The standard InChI is InChI=1S/C11H24BrNO2/c1-10(9-12)11(2)13-5-4-6-15-8-7-14-3/h10-11,13H,4-9H2,1-3H3. The monoisotopic (exact) mass is 281 g/mol. The molecule has 1 N–H and O–H groups in total. The van der Waals surface area contributed by atoms with Gasteiger partial charge in [0.05, 0.1) is 13.2 Å². The van der Waals surface area contributed by atoms with Crippen LogP contribution in [0.15, 0.2) is 0 Å². The van der Waals surface area contributed by atoms with Gasteiger partial charge in [-0.3, -0.25) is 0 Å². The van der Waals surface area contributed by atoms with E-state index in [4.69, 9.17) is 9.47 Å². The van der Waals surface area contributed by atoms with Crippen LogP contribution in [0.25, 0.3) is 0 Å². The number of ether oxygens (including phenoxy) is 2. The summed E-state index contributed by atoms with van der Waals surface area (Å²) in [5, 5.41) is 4.53. The molecule has 0 bridgehead atoms. The van der Waals surface area contributed by atoms with Crippen molar-refractivity contribution in [1.82, 2.24) is 5.32 Å². The number of halogens is 1. The van der Waals surface area contributed by atoms with Gasteiger partial charge in [0, 0.05) is 25.1 Å². The Bertz CT molecular complexity index is 136. The Morgan fingerprint density at radius 1 is 1.20 bits per heavy atom. The average Bonchev–Trinajstić information content (AvgIpc) is 2.26. The Hall–Kier alpha value is 0.360. The number of methoxy groups -OCH3 is 1. The van der Waals surface area contributed by atoms with Crippen LogP contribution in [0, 0.1) is 5.92 Å². The fourth-order valence-corrected chi connectivity index (χ4v) is 1.64. The summed E-state index contributed by atoms with van der Waals surface area (Å²) in [5.41, 5.74) is 0. The van der Waals surface area contributed by atoms with E-state index >= 15 is 0 Å². The first-order valence-electron chi connectivity index (χ1n) is 5.58. The topological polar surface area (TPSA) is 30.5 Å². The van der Waals surface area contributed by atoms with Gasteiger partial charge in [-0.25, -0.2) is 0 Å². The van der Waals surface area contributed by atoms with E-state index in [1.165, 1.54) is 0 Å². The summed E-state index contributed by atoms with van der Waals surface area (Å²) in [7, 11) is 1.69. The molecule has 0 heterocycles. The highest BCUT2D eigenvalue weighted by Crippen LogP contribution is 2.05. The van der Waals surface area contributed by atoms with Gasteiger partial charge in [0.2, 0.25) is 0 Å². The van der Waals surface area contributed by atoms with Gasteiger partial charge >= 0.3 is 0 Å². The molecule has 4 heteroatoms. The van der Waals surface area contributed by atoms with Crippen LogP contribution in [0.1, 0.15) is 20.3 Å². The largest absolute Gasteiger partial charge is 0.382 e. The Labute approximate surface area is 102 Å². The van der Waals surface area contributed by atoms with Crippen molar-refractivity contribution in [2.24, 2.45) is 5.92 Å². The molecule has 0 spiro atoms. The lowest BCUT2D eigenvalue weighted by Crippen LogP contribution is -2.34. The smallest absolute Gasteiger partial charge is 0.0700 e. The van der Waals surface area contributed by atoms with E-state index in [9.17, 15) is 0 Å². The Kier molecular flexibility index (Phi) is 11.1. The number of hydrogen-bond acceptors (Lipinski definition) is 3. The minimum Gasteiger partial charge on any atom is -0.382 e. The molecule has 0 amide bonds. The van der Waals surface area contributed by atoms with Crippen LogP contribution in [0.5, 0.6) is 0 Å². The molecule has 0 aromatic rings. The fourth-order valence-electron chi connectivity index (χ4n) is 1.08. The maximum Gasteiger partial charge on any atom is 0.0700 e. The van der Waals surface area contributed by atoms with Crippen molar-refractivity contribution in [2.45, 2.75) is 26.3 Å². The normalized spacial score (nSPS) is 15.2. The van der Waals surface area contributed by atoms with Crippen LogP contribution in [0.2, 0.25) is 0 Å². The quantitative estimate of drug-likeness (QED) is 0.491. The second-order valence-corrected chi connectivity index (χ2v) is 4.48. The molecule has 15 heavy (non-hydrogen) atoms. The first-order chi connectivity index (χ1) is 7.22. The first-order valence-corrected chi connectivity index (χ1v) is 6.70. The van der Waals surface area contributed by atoms with Crippen molar-refractivity contribution in [3.63, 3.8) is 0 Å². The summed E-state index contributed by atoms with van der Waals surface area (Å²) in [4.78, 5) is 0. The first kappa shape index (κ1) is 15.4. The molecule has 0 saturated heterocycles. The summed E-state index contributed by atoms with van der Waals surface area (Å²) >= 11 is 3.49. The molecule has 0 saturated carbocycles. The van der Waals surface area contributed by atoms with Crippen LogP contribution in [-0.2, 0) is 9.47 Å². The summed E-state index contributed by atoms with van der Waals surface area (Å²) in [6.07, 6.45) is 1.06. The molecular weight excluding hydrogens is 258 g/mol. The molecule has 0 radical (unpaired) electrons. The number of rotatable bonds is 10. The predicted molar refractivity (Wildman–Crippen MR) is 67.7 cm³/mol. The van der Waals surface area contributed by atoms with Gasteiger partial charge in [-0.15, -0.1) is 0 Å². The van der Waals surface area contributed by atoms with Crippen LogP contribution in [0.3, 0.4) is 0 Å². The zero-order valence-electron chi connectivity index (χ0n) is 10.1. The van der Waals surface area contributed by atoms with E-state index in [0.29, 0.717) is 25.2 Å². The molecule has 0 rings (SSSR count). The van der Waals surface area contributed by atoms with Gasteiger partial charge in [0.25, 0.3) is 0 Å². The van der Waals surface area contributed by atoms with Crippen LogP contribution in [0.4, 0.5) is 0 Å². The lowest BCUT2D eigenvalue weighted by Gasteiger charge is -2.19. The van der Waals surface area contributed by atoms with E-state index in [-0.39, 0.29) is 0 Å². The van der Waals surface area contributed by atoms with Crippen LogP contribution in [-0.4, -0.2) is 44.8 Å². The average molecular weight is 282 g/mol. The lowest BCUT2D eigenvalue weighted by molar-refractivity contribution is 0.0691. The van der Waals surface area contributed by atoms with Crippen LogP contribution < -0.4 is 5.32 Å². The molecule has 0 aliphatic heterocycles. The van der Waals surface area contributed by atoms with Gasteiger partial charge in [0.15, 0.2) is 0 Å².